The highest BCUT2D eigenvalue weighted by Gasteiger charge is 2.53. The first-order valence-electron chi connectivity index (χ1n) is 14.8. The maximum Gasteiger partial charge on any atom is 0.233 e. The van der Waals surface area contributed by atoms with E-state index >= 15 is 0 Å². The van der Waals surface area contributed by atoms with E-state index in [2.05, 4.69) is 18.7 Å². The fourth-order valence-electron chi connectivity index (χ4n) is 9.00. The van der Waals surface area contributed by atoms with Gasteiger partial charge in [-0.05, 0) is 113 Å². The fourth-order valence-corrected chi connectivity index (χ4v) is 11.4. The maximum atomic E-state index is 13.4. The molecule has 5 fully saturated rings. The van der Waals surface area contributed by atoms with Gasteiger partial charge in [0.05, 0.1) is 5.75 Å². The first kappa shape index (κ1) is 23.9. The van der Waals surface area contributed by atoms with Crippen LogP contribution < -0.4 is 0 Å². The van der Waals surface area contributed by atoms with Gasteiger partial charge in [-0.25, -0.2) is 9.97 Å². The van der Waals surface area contributed by atoms with Gasteiger partial charge in [0.25, 0.3) is 0 Å². The molecule has 6 heteroatoms. The van der Waals surface area contributed by atoms with Crippen molar-refractivity contribution in [3.63, 3.8) is 0 Å². The molecule has 36 heavy (non-hydrogen) atoms. The number of amides is 1. The minimum absolute atomic E-state index is 0.195. The highest BCUT2D eigenvalue weighted by Crippen LogP contribution is 2.60. The zero-order valence-electron chi connectivity index (χ0n) is 22.1. The van der Waals surface area contributed by atoms with Gasteiger partial charge in [0.2, 0.25) is 5.91 Å². The van der Waals surface area contributed by atoms with Gasteiger partial charge in [-0.3, -0.25) is 4.79 Å². The highest BCUT2D eigenvalue weighted by atomic mass is 32.2. The molecular formula is C30H41N3OS2. The van der Waals surface area contributed by atoms with Crippen molar-refractivity contribution in [1.29, 1.82) is 0 Å². The van der Waals surface area contributed by atoms with Crippen LogP contribution in [0.1, 0.15) is 101 Å². The van der Waals surface area contributed by atoms with Crippen LogP contribution in [0.3, 0.4) is 0 Å². The predicted molar refractivity (Wildman–Crippen MR) is 149 cm³/mol. The zero-order valence-corrected chi connectivity index (χ0v) is 23.7. The summed E-state index contributed by atoms with van der Waals surface area (Å²) in [5.41, 5.74) is 1.70. The SMILES string of the molecule is CC[C@@H]1CCCCN1C(=O)CSc1nc(C23CC4CC(CC(C4)C2)C3)nc2sc3c(c12)CC[C@@H](C)C3. The Morgan fingerprint density at radius 3 is 2.56 bits per heavy atom. The summed E-state index contributed by atoms with van der Waals surface area (Å²) in [7, 11) is 0. The predicted octanol–water partition coefficient (Wildman–Crippen LogP) is 7.17. The molecule has 1 saturated heterocycles. The number of nitrogens with zero attached hydrogens (tertiary/aromatic N) is 3. The van der Waals surface area contributed by atoms with Crippen molar-refractivity contribution < 1.29 is 4.79 Å². The van der Waals surface area contributed by atoms with Crippen LogP contribution in [0.2, 0.25) is 0 Å². The summed E-state index contributed by atoms with van der Waals surface area (Å²) in [5, 5.41) is 2.43. The van der Waals surface area contributed by atoms with Gasteiger partial charge in [-0.1, -0.05) is 25.6 Å². The number of hydrogen-bond donors (Lipinski definition) is 0. The summed E-state index contributed by atoms with van der Waals surface area (Å²) in [6.07, 6.45) is 16.4. The molecule has 194 valence electrons. The number of thiophene rings is 1. The number of carbonyl (C=O) groups excluding carboxylic acids is 1. The molecule has 8 rings (SSSR count). The third-order valence-corrected chi connectivity index (χ3v) is 12.5. The van der Waals surface area contributed by atoms with Crippen LogP contribution in [-0.2, 0) is 23.1 Å². The Kier molecular flexibility index (Phi) is 6.15. The van der Waals surface area contributed by atoms with E-state index in [1.165, 1.54) is 78.4 Å². The van der Waals surface area contributed by atoms with Gasteiger partial charge in [-0.2, -0.15) is 0 Å². The summed E-state index contributed by atoms with van der Waals surface area (Å²) in [6.45, 7) is 5.55. The molecule has 2 atom stereocenters. The van der Waals surface area contributed by atoms with Gasteiger partial charge in [-0.15, -0.1) is 11.3 Å². The number of fused-ring (bicyclic) bond motifs is 3. The van der Waals surface area contributed by atoms with E-state index in [0.29, 0.717) is 17.7 Å². The molecule has 2 aromatic heterocycles. The lowest BCUT2D eigenvalue weighted by molar-refractivity contribution is -0.132. The second-order valence-electron chi connectivity index (χ2n) is 13.0. The topological polar surface area (TPSA) is 46.1 Å². The number of aryl methyl sites for hydroxylation is 1. The molecule has 0 radical (unpaired) electrons. The highest BCUT2D eigenvalue weighted by molar-refractivity contribution is 8.00. The largest absolute Gasteiger partial charge is 0.339 e. The Morgan fingerprint density at radius 2 is 1.83 bits per heavy atom. The molecule has 4 nitrogen and oxygen atoms in total. The minimum Gasteiger partial charge on any atom is -0.339 e. The second kappa shape index (κ2) is 9.25. The van der Waals surface area contributed by atoms with Crippen LogP contribution in [0.25, 0.3) is 10.2 Å². The van der Waals surface area contributed by atoms with E-state index in [4.69, 9.17) is 9.97 Å². The zero-order chi connectivity index (χ0) is 24.4. The van der Waals surface area contributed by atoms with Crippen molar-refractivity contribution in [3.05, 3.63) is 16.3 Å². The van der Waals surface area contributed by atoms with Crippen molar-refractivity contribution in [3.8, 4) is 0 Å². The third-order valence-electron chi connectivity index (χ3n) is 10.4. The maximum absolute atomic E-state index is 13.4. The molecule has 0 spiro atoms. The molecule has 6 aliphatic rings. The Hall–Kier alpha value is -1.14. The number of hydrogen-bond acceptors (Lipinski definition) is 5. The lowest BCUT2D eigenvalue weighted by Crippen LogP contribution is -2.49. The van der Waals surface area contributed by atoms with E-state index in [9.17, 15) is 4.79 Å². The quantitative estimate of drug-likeness (QED) is 0.308. The van der Waals surface area contributed by atoms with E-state index in [1.54, 1.807) is 11.8 Å². The van der Waals surface area contributed by atoms with Crippen LogP contribution in [0.5, 0.6) is 0 Å². The van der Waals surface area contributed by atoms with E-state index in [-0.39, 0.29) is 5.41 Å². The van der Waals surface area contributed by atoms with E-state index in [1.807, 2.05) is 11.3 Å². The molecular weight excluding hydrogens is 482 g/mol. The summed E-state index contributed by atoms with van der Waals surface area (Å²) in [6, 6.07) is 0.426. The molecule has 4 saturated carbocycles. The first-order chi connectivity index (χ1) is 17.5. The average Bonchev–Trinajstić information content (AvgIpc) is 3.23. The Bertz CT molecular complexity index is 1140. The number of aromatic nitrogens is 2. The van der Waals surface area contributed by atoms with Crippen LogP contribution in [0, 0.1) is 23.7 Å². The van der Waals surface area contributed by atoms with Gasteiger partial charge < -0.3 is 4.90 Å². The molecule has 3 heterocycles. The summed E-state index contributed by atoms with van der Waals surface area (Å²) in [5.74, 6) is 5.38. The van der Waals surface area contributed by atoms with Crippen molar-refractivity contribution in [1.82, 2.24) is 14.9 Å². The van der Waals surface area contributed by atoms with Crippen molar-refractivity contribution >= 4 is 39.2 Å². The van der Waals surface area contributed by atoms with Crippen LogP contribution >= 0.6 is 23.1 Å². The monoisotopic (exact) mass is 523 g/mol. The van der Waals surface area contributed by atoms with Gasteiger partial charge in [0, 0.05) is 28.3 Å². The number of likely N-dealkylation sites (tertiary alicyclic amines) is 1. The lowest BCUT2D eigenvalue weighted by atomic mass is 9.49. The summed E-state index contributed by atoms with van der Waals surface area (Å²) < 4.78 is 0. The van der Waals surface area contributed by atoms with Gasteiger partial charge in [0.15, 0.2) is 0 Å². The minimum atomic E-state index is 0.195. The number of piperidine rings is 1. The molecule has 4 bridgehead atoms. The normalized spacial score (nSPS) is 35.4. The molecule has 1 amide bonds. The van der Waals surface area contributed by atoms with Crippen molar-refractivity contribution in [2.24, 2.45) is 23.7 Å². The Morgan fingerprint density at radius 1 is 1.08 bits per heavy atom. The molecule has 0 N–H and O–H groups in total. The van der Waals surface area contributed by atoms with E-state index in [0.717, 1.165) is 66.8 Å². The molecule has 5 aliphatic carbocycles. The second-order valence-corrected chi connectivity index (χ2v) is 15.1. The Labute approximate surface area is 224 Å². The van der Waals surface area contributed by atoms with Crippen molar-refractivity contribution in [2.45, 2.75) is 114 Å². The van der Waals surface area contributed by atoms with Crippen molar-refractivity contribution in [2.75, 3.05) is 12.3 Å². The Balaban J connectivity index is 1.25. The van der Waals surface area contributed by atoms with Crippen LogP contribution in [-0.4, -0.2) is 39.1 Å². The summed E-state index contributed by atoms with van der Waals surface area (Å²) >= 11 is 3.67. The molecule has 0 unspecified atom stereocenters. The number of rotatable bonds is 5. The number of thioether (sulfide) groups is 1. The molecule has 0 aromatic carbocycles. The van der Waals surface area contributed by atoms with Gasteiger partial charge in [0.1, 0.15) is 15.7 Å². The first-order valence-corrected chi connectivity index (χ1v) is 16.6. The summed E-state index contributed by atoms with van der Waals surface area (Å²) in [4.78, 5) is 29.2. The van der Waals surface area contributed by atoms with E-state index < -0.39 is 0 Å². The standard InChI is InChI=1S/C30H41N3OS2/c1-3-22-6-4-5-9-33(22)25(34)17-35-27-26-23-8-7-18(2)10-24(23)36-28(26)32-29(31-27)30-14-19-11-20(15-30)13-21(12-19)16-30/h18-22H,3-17H2,1-2H3/t18-,19?,20?,21?,22-,30?/m1/s1. The molecule has 1 aliphatic heterocycles. The average molecular weight is 524 g/mol. The van der Waals surface area contributed by atoms with Crippen LogP contribution in [0.15, 0.2) is 5.03 Å². The smallest absolute Gasteiger partial charge is 0.233 e. The fraction of sp³-hybridized carbons (Fsp3) is 0.767. The third kappa shape index (κ3) is 4.04. The lowest BCUT2D eigenvalue weighted by Gasteiger charge is -2.56. The number of carbonyl (C=O) groups is 1. The van der Waals surface area contributed by atoms with Gasteiger partial charge >= 0.3 is 0 Å². The molecule has 2 aromatic rings. The van der Waals surface area contributed by atoms with Crippen LogP contribution in [0.4, 0.5) is 0 Å².